The zero-order valence-corrected chi connectivity index (χ0v) is 12.0. The summed E-state index contributed by atoms with van der Waals surface area (Å²) >= 11 is 0. The van der Waals surface area contributed by atoms with Gasteiger partial charge in [0, 0.05) is 11.6 Å². The van der Waals surface area contributed by atoms with E-state index >= 15 is 0 Å². The second kappa shape index (κ2) is 7.82. The van der Waals surface area contributed by atoms with Gasteiger partial charge in [-0.05, 0) is 25.0 Å². The van der Waals surface area contributed by atoms with Crippen LogP contribution in [0, 0.1) is 11.6 Å². The molecule has 0 aliphatic rings. The number of halogens is 2. The maximum Gasteiger partial charge on any atom is 0.251 e. The summed E-state index contributed by atoms with van der Waals surface area (Å²) in [6.07, 6.45) is 4.72. The molecule has 112 valence electrons. The van der Waals surface area contributed by atoms with Crippen molar-refractivity contribution in [1.82, 2.24) is 5.32 Å². The number of hydrogen-bond donors (Lipinski definition) is 2. The highest BCUT2D eigenvalue weighted by atomic mass is 19.1. The number of unbranched alkanes of at least 4 members (excludes halogenated alkanes) is 1. The van der Waals surface area contributed by atoms with Crippen molar-refractivity contribution in [2.75, 3.05) is 5.73 Å². The molecule has 0 aliphatic carbocycles. The largest absolute Gasteiger partial charge is 0.394 e. The number of benzene rings is 1. The average molecular weight is 284 g/mol. The number of hydrogen-bond acceptors (Lipinski definition) is 2. The van der Waals surface area contributed by atoms with E-state index in [1.807, 2.05) is 6.92 Å². The van der Waals surface area contributed by atoms with Crippen LogP contribution in [0.1, 0.15) is 56.3 Å². The summed E-state index contributed by atoms with van der Waals surface area (Å²) in [5, 5.41) is 2.83. The Kier molecular flexibility index (Phi) is 6.42. The number of nitrogens with one attached hydrogen (secondary N) is 1. The van der Waals surface area contributed by atoms with Gasteiger partial charge in [0.2, 0.25) is 0 Å². The molecule has 0 saturated heterocycles. The minimum absolute atomic E-state index is 0.0354. The fourth-order valence-corrected chi connectivity index (χ4v) is 2.07. The van der Waals surface area contributed by atoms with Gasteiger partial charge in [-0.2, -0.15) is 0 Å². The first kappa shape index (κ1) is 16.4. The van der Waals surface area contributed by atoms with Gasteiger partial charge in [-0.15, -0.1) is 0 Å². The van der Waals surface area contributed by atoms with E-state index in [0.29, 0.717) is 0 Å². The molecule has 1 aromatic rings. The molecule has 0 spiro atoms. The summed E-state index contributed by atoms with van der Waals surface area (Å²) < 4.78 is 26.7. The summed E-state index contributed by atoms with van der Waals surface area (Å²) in [4.78, 5) is 12.0. The molecule has 1 unspecified atom stereocenters. The predicted octanol–water partition coefficient (Wildman–Crippen LogP) is 3.64. The van der Waals surface area contributed by atoms with E-state index in [1.54, 1.807) is 0 Å². The maximum atomic E-state index is 13.3. The smallest absolute Gasteiger partial charge is 0.251 e. The molecule has 0 aliphatic heterocycles. The van der Waals surface area contributed by atoms with Gasteiger partial charge in [-0.3, -0.25) is 4.79 Å². The number of amides is 1. The summed E-state index contributed by atoms with van der Waals surface area (Å²) in [5.41, 5.74) is 4.59. The van der Waals surface area contributed by atoms with Gasteiger partial charge >= 0.3 is 0 Å². The van der Waals surface area contributed by atoms with E-state index in [9.17, 15) is 13.6 Å². The molecule has 1 atom stereocenters. The minimum atomic E-state index is -0.907. The fraction of sp³-hybridized carbons (Fsp3) is 0.533. The summed E-state index contributed by atoms with van der Waals surface area (Å²) in [6, 6.07) is 1.98. The van der Waals surface area contributed by atoms with E-state index in [4.69, 9.17) is 5.73 Å². The van der Waals surface area contributed by atoms with Crippen molar-refractivity contribution in [3.8, 4) is 0 Å². The third-order valence-electron chi connectivity index (χ3n) is 3.22. The highest BCUT2D eigenvalue weighted by molar-refractivity contribution is 5.94. The van der Waals surface area contributed by atoms with E-state index < -0.39 is 23.2 Å². The Hall–Kier alpha value is -1.65. The molecular formula is C15H22F2N2O. The van der Waals surface area contributed by atoms with Crippen LogP contribution in [0.2, 0.25) is 0 Å². The molecule has 3 nitrogen and oxygen atoms in total. The topological polar surface area (TPSA) is 55.1 Å². The Morgan fingerprint density at radius 2 is 1.80 bits per heavy atom. The van der Waals surface area contributed by atoms with Crippen LogP contribution in [0.5, 0.6) is 0 Å². The molecular weight excluding hydrogens is 262 g/mol. The van der Waals surface area contributed by atoms with E-state index in [0.717, 1.165) is 44.2 Å². The molecule has 5 heteroatoms. The number of nitrogens with two attached hydrogens (primary N) is 1. The van der Waals surface area contributed by atoms with Gasteiger partial charge in [-0.1, -0.05) is 33.1 Å². The zero-order valence-electron chi connectivity index (χ0n) is 12.0. The normalized spacial score (nSPS) is 12.2. The number of anilines is 1. The monoisotopic (exact) mass is 284 g/mol. The predicted molar refractivity (Wildman–Crippen MR) is 76.5 cm³/mol. The first-order valence-corrected chi connectivity index (χ1v) is 7.04. The number of carbonyl (C=O) groups excluding carboxylic acids is 1. The molecule has 0 radical (unpaired) electrons. The van der Waals surface area contributed by atoms with Crippen molar-refractivity contribution in [3.05, 3.63) is 29.3 Å². The van der Waals surface area contributed by atoms with Crippen molar-refractivity contribution in [3.63, 3.8) is 0 Å². The molecule has 3 N–H and O–H groups in total. The van der Waals surface area contributed by atoms with Gasteiger partial charge in [0.25, 0.3) is 5.91 Å². The summed E-state index contributed by atoms with van der Waals surface area (Å²) in [7, 11) is 0. The van der Waals surface area contributed by atoms with E-state index in [2.05, 4.69) is 12.2 Å². The van der Waals surface area contributed by atoms with Gasteiger partial charge in [0.1, 0.15) is 17.3 Å². The van der Waals surface area contributed by atoms with Crippen LogP contribution in [0.25, 0.3) is 0 Å². The zero-order chi connectivity index (χ0) is 15.1. The quantitative estimate of drug-likeness (QED) is 0.751. The van der Waals surface area contributed by atoms with Gasteiger partial charge < -0.3 is 11.1 Å². The van der Waals surface area contributed by atoms with Gasteiger partial charge in [0.05, 0.1) is 0 Å². The lowest BCUT2D eigenvalue weighted by Gasteiger charge is -2.18. The third kappa shape index (κ3) is 4.47. The third-order valence-corrected chi connectivity index (χ3v) is 3.22. The second-order valence-corrected chi connectivity index (χ2v) is 4.95. The maximum absolute atomic E-state index is 13.3. The SMILES string of the molecule is CCCCC(CCC)NC(=O)c1cc(F)c(N)c(F)c1. The van der Waals surface area contributed by atoms with Gasteiger partial charge in [-0.25, -0.2) is 8.78 Å². The lowest BCUT2D eigenvalue weighted by Crippen LogP contribution is -2.34. The first-order chi connectivity index (χ1) is 9.49. The van der Waals surface area contributed by atoms with E-state index in [1.165, 1.54) is 0 Å². The molecule has 1 aromatic carbocycles. The summed E-state index contributed by atoms with van der Waals surface area (Å²) in [5.74, 6) is -2.27. The Morgan fingerprint density at radius 1 is 1.20 bits per heavy atom. The first-order valence-electron chi connectivity index (χ1n) is 7.04. The van der Waals surface area contributed by atoms with Crippen molar-refractivity contribution in [2.45, 2.75) is 52.0 Å². The molecule has 0 saturated carbocycles. The van der Waals surface area contributed by atoms with Crippen molar-refractivity contribution < 1.29 is 13.6 Å². The van der Waals surface area contributed by atoms with Crippen LogP contribution >= 0.6 is 0 Å². The van der Waals surface area contributed by atoms with E-state index in [-0.39, 0.29) is 11.6 Å². The molecule has 0 fully saturated rings. The second-order valence-electron chi connectivity index (χ2n) is 4.95. The van der Waals surface area contributed by atoms with Crippen LogP contribution in [-0.4, -0.2) is 11.9 Å². The van der Waals surface area contributed by atoms with Crippen LogP contribution in [-0.2, 0) is 0 Å². The Labute approximate surface area is 118 Å². The molecule has 0 heterocycles. The van der Waals surface area contributed by atoms with Crippen molar-refractivity contribution in [1.29, 1.82) is 0 Å². The Balaban J connectivity index is 2.78. The fourth-order valence-electron chi connectivity index (χ4n) is 2.07. The molecule has 20 heavy (non-hydrogen) atoms. The Morgan fingerprint density at radius 3 is 2.30 bits per heavy atom. The summed E-state index contributed by atoms with van der Waals surface area (Å²) in [6.45, 7) is 4.11. The van der Waals surface area contributed by atoms with Gasteiger partial charge in [0.15, 0.2) is 0 Å². The molecule has 1 rings (SSSR count). The average Bonchev–Trinajstić information content (AvgIpc) is 2.41. The molecule has 0 bridgehead atoms. The lowest BCUT2D eigenvalue weighted by molar-refractivity contribution is 0.0931. The van der Waals surface area contributed by atoms with Crippen LogP contribution in [0.3, 0.4) is 0 Å². The number of nitrogen functional groups attached to an aromatic ring is 1. The lowest BCUT2D eigenvalue weighted by atomic mass is 10.0. The van der Waals surface area contributed by atoms with Crippen LogP contribution < -0.4 is 11.1 Å². The Bertz CT molecular complexity index is 440. The number of rotatable bonds is 7. The standard InChI is InChI=1S/C15H22F2N2O/c1-3-5-7-11(6-4-2)19-15(20)10-8-12(16)14(18)13(17)9-10/h8-9,11H,3-7,18H2,1-2H3,(H,19,20). The van der Waals surface area contributed by atoms with Crippen molar-refractivity contribution in [2.24, 2.45) is 0 Å². The highest BCUT2D eigenvalue weighted by Crippen LogP contribution is 2.17. The van der Waals surface area contributed by atoms with Crippen molar-refractivity contribution >= 4 is 11.6 Å². The molecule has 0 aromatic heterocycles. The number of carbonyl (C=O) groups is 1. The highest BCUT2D eigenvalue weighted by Gasteiger charge is 2.16. The molecule has 1 amide bonds. The minimum Gasteiger partial charge on any atom is -0.394 e. The van der Waals surface area contributed by atoms with Crippen LogP contribution in [0.4, 0.5) is 14.5 Å². The van der Waals surface area contributed by atoms with Crippen LogP contribution in [0.15, 0.2) is 12.1 Å².